The average Bonchev–Trinajstić information content (AvgIpc) is 3.03. The summed E-state index contributed by atoms with van der Waals surface area (Å²) in [7, 11) is 0. The van der Waals surface area contributed by atoms with E-state index in [1.807, 2.05) is 0 Å². The van der Waals surface area contributed by atoms with Crippen LogP contribution in [0.3, 0.4) is 0 Å². The zero-order valence-electron chi connectivity index (χ0n) is 11.6. The third-order valence-electron chi connectivity index (χ3n) is 4.56. The minimum absolute atomic E-state index is 0.0770. The second-order valence-corrected chi connectivity index (χ2v) is 6.00. The van der Waals surface area contributed by atoms with Gasteiger partial charge in [-0.25, -0.2) is 4.39 Å². The van der Waals surface area contributed by atoms with Crippen molar-refractivity contribution in [3.8, 4) is 5.75 Å². The van der Waals surface area contributed by atoms with Crippen molar-refractivity contribution in [3.05, 3.63) is 30.1 Å². The van der Waals surface area contributed by atoms with Crippen molar-refractivity contribution in [2.75, 3.05) is 0 Å². The molecule has 2 aliphatic rings. The number of hydrogen-bond acceptors (Lipinski definition) is 2. The van der Waals surface area contributed by atoms with E-state index in [1.54, 1.807) is 6.92 Å². The van der Waals surface area contributed by atoms with Crippen molar-refractivity contribution in [2.24, 2.45) is 11.8 Å². The van der Waals surface area contributed by atoms with Gasteiger partial charge in [0.2, 0.25) is 0 Å². The van der Waals surface area contributed by atoms with Gasteiger partial charge in [-0.3, -0.25) is 4.79 Å². The predicted molar refractivity (Wildman–Crippen MR) is 73.9 cm³/mol. The topological polar surface area (TPSA) is 38.3 Å². The number of fused-ring (bicyclic) bond motifs is 2. The Morgan fingerprint density at radius 1 is 1.30 bits per heavy atom. The molecule has 1 N–H and O–H groups in total. The van der Waals surface area contributed by atoms with Gasteiger partial charge in [0.05, 0.1) is 0 Å². The highest BCUT2D eigenvalue weighted by Gasteiger charge is 2.40. The first-order valence-electron chi connectivity index (χ1n) is 7.34. The fraction of sp³-hybridized carbons (Fsp3) is 0.562. The van der Waals surface area contributed by atoms with Crippen molar-refractivity contribution in [1.29, 1.82) is 0 Å². The van der Waals surface area contributed by atoms with Crippen LogP contribution < -0.4 is 10.1 Å². The summed E-state index contributed by atoms with van der Waals surface area (Å²) in [5.74, 6) is 1.59. The molecule has 2 saturated carbocycles. The number of ether oxygens (including phenoxy) is 1. The lowest BCUT2D eigenvalue weighted by Gasteiger charge is -2.24. The molecule has 4 atom stereocenters. The maximum absolute atomic E-state index is 12.8. The van der Waals surface area contributed by atoms with E-state index in [0.29, 0.717) is 17.7 Å². The molecule has 0 radical (unpaired) electrons. The van der Waals surface area contributed by atoms with Gasteiger partial charge in [0.25, 0.3) is 5.91 Å². The Morgan fingerprint density at radius 3 is 2.65 bits per heavy atom. The number of hydrogen-bond donors (Lipinski definition) is 1. The van der Waals surface area contributed by atoms with Gasteiger partial charge >= 0.3 is 0 Å². The molecule has 1 amide bonds. The van der Waals surface area contributed by atoms with E-state index in [0.717, 1.165) is 12.3 Å². The molecule has 3 nitrogen and oxygen atoms in total. The predicted octanol–water partition coefficient (Wildman–Crippen LogP) is 2.90. The SMILES string of the molecule is C[C@@H](Oc1ccc(F)cc1)C(=O)N[C@@H]1C[C@H]2CC[C@H]1C2. The Bertz CT molecular complexity index is 488. The third kappa shape index (κ3) is 2.79. The van der Waals surface area contributed by atoms with E-state index in [4.69, 9.17) is 4.74 Å². The van der Waals surface area contributed by atoms with E-state index >= 15 is 0 Å². The minimum Gasteiger partial charge on any atom is -0.481 e. The van der Waals surface area contributed by atoms with E-state index in [2.05, 4.69) is 5.32 Å². The summed E-state index contributed by atoms with van der Waals surface area (Å²) in [6, 6.07) is 6.06. The van der Waals surface area contributed by atoms with Crippen LogP contribution in [-0.4, -0.2) is 18.1 Å². The molecule has 2 bridgehead atoms. The van der Waals surface area contributed by atoms with Crippen LogP contribution in [0, 0.1) is 17.7 Å². The van der Waals surface area contributed by atoms with Gasteiger partial charge < -0.3 is 10.1 Å². The molecule has 1 aromatic rings. The molecule has 20 heavy (non-hydrogen) atoms. The normalized spacial score (nSPS) is 29.2. The lowest BCUT2D eigenvalue weighted by Crippen LogP contribution is -2.44. The van der Waals surface area contributed by atoms with E-state index in [9.17, 15) is 9.18 Å². The molecule has 0 aromatic heterocycles. The highest BCUT2D eigenvalue weighted by Crippen LogP contribution is 2.44. The highest BCUT2D eigenvalue weighted by molar-refractivity contribution is 5.81. The van der Waals surface area contributed by atoms with Crippen LogP contribution in [0.25, 0.3) is 0 Å². The molecule has 0 saturated heterocycles. The summed E-state index contributed by atoms with van der Waals surface area (Å²) in [5.41, 5.74) is 0. The smallest absolute Gasteiger partial charge is 0.261 e. The number of carbonyl (C=O) groups is 1. The van der Waals surface area contributed by atoms with Crippen LogP contribution in [-0.2, 0) is 4.79 Å². The van der Waals surface area contributed by atoms with Crippen LogP contribution in [0.2, 0.25) is 0 Å². The number of rotatable bonds is 4. The standard InChI is InChI=1S/C16H20FNO2/c1-10(20-14-6-4-13(17)5-7-14)16(19)18-15-9-11-2-3-12(15)8-11/h4-7,10-12,15H,2-3,8-9H2,1H3,(H,18,19)/t10-,11+,12+,15-/m1/s1. The van der Waals surface area contributed by atoms with Crippen molar-refractivity contribution >= 4 is 5.91 Å². The number of benzene rings is 1. The van der Waals surface area contributed by atoms with Crippen LogP contribution in [0.4, 0.5) is 4.39 Å². The van der Waals surface area contributed by atoms with Gasteiger partial charge in [0.1, 0.15) is 11.6 Å². The fourth-order valence-corrected chi connectivity index (χ4v) is 3.49. The summed E-state index contributed by atoms with van der Waals surface area (Å²) in [5, 5.41) is 3.10. The second kappa shape index (κ2) is 5.43. The average molecular weight is 277 g/mol. The van der Waals surface area contributed by atoms with Gasteiger partial charge in [-0.05, 0) is 62.3 Å². The van der Waals surface area contributed by atoms with E-state index in [-0.39, 0.29) is 11.7 Å². The Labute approximate surface area is 118 Å². The molecular weight excluding hydrogens is 257 g/mol. The first-order chi connectivity index (χ1) is 9.61. The van der Waals surface area contributed by atoms with E-state index in [1.165, 1.54) is 43.5 Å². The molecule has 1 aromatic carbocycles. The monoisotopic (exact) mass is 277 g/mol. The van der Waals surface area contributed by atoms with Crippen molar-refractivity contribution in [3.63, 3.8) is 0 Å². The minimum atomic E-state index is -0.556. The molecule has 4 heteroatoms. The molecule has 2 fully saturated rings. The number of carbonyl (C=O) groups excluding carboxylic acids is 1. The molecule has 108 valence electrons. The zero-order chi connectivity index (χ0) is 14.1. The lowest BCUT2D eigenvalue weighted by molar-refractivity contribution is -0.128. The molecule has 3 rings (SSSR count). The van der Waals surface area contributed by atoms with Gasteiger partial charge in [-0.2, -0.15) is 0 Å². The number of halogens is 1. The summed E-state index contributed by atoms with van der Waals surface area (Å²) in [6.07, 6.45) is 4.37. The van der Waals surface area contributed by atoms with Crippen molar-refractivity contribution in [2.45, 2.75) is 44.8 Å². The Morgan fingerprint density at radius 2 is 2.05 bits per heavy atom. The maximum atomic E-state index is 12.8. The molecular formula is C16H20FNO2. The maximum Gasteiger partial charge on any atom is 0.261 e. The first kappa shape index (κ1) is 13.4. The number of nitrogens with one attached hydrogen (secondary N) is 1. The van der Waals surface area contributed by atoms with Crippen molar-refractivity contribution in [1.82, 2.24) is 5.32 Å². The highest BCUT2D eigenvalue weighted by atomic mass is 19.1. The third-order valence-corrected chi connectivity index (χ3v) is 4.56. The molecule has 0 aliphatic heterocycles. The van der Waals surface area contributed by atoms with Crippen molar-refractivity contribution < 1.29 is 13.9 Å². The van der Waals surface area contributed by atoms with Crippen LogP contribution in [0.5, 0.6) is 5.75 Å². The summed E-state index contributed by atoms with van der Waals surface area (Å²) < 4.78 is 18.3. The molecule has 2 aliphatic carbocycles. The van der Waals surface area contributed by atoms with Gasteiger partial charge in [0, 0.05) is 6.04 Å². The Kier molecular flexibility index (Phi) is 3.64. The zero-order valence-corrected chi connectivity index (χ0v) is 11.6. The van der Waals surface area contributed by atoms with Crippen LogP contribution in [0.1, 0.15) is 32.6 Å². The number of amides is 1. The quantitative estimate of drug-likeness (QED) is 0.919. The van der Waals surface area contributed by atoms with Gasteiger partial charge in [-0.1, -0.05) is 6.42 Å². The largest absolute Gasteiger partial charge is 0.481 e. The van der Waals surface area contributed by atoms with Gasteiger partial charge in [0.15, 0.2) is 6.10 Å². The Hall–Kier alpha value is -1.58. The van der Waals surface area contributed by atoms with Gasteiger partial charge in [-0.15, -0.1) is 0 Å². The molecule has 0 spiro atoms. The Balaban J connectivity index is 1.53. The summed E-state index contributed by atoms with van der Waals surface area (Å²) in [4.78, 5) is 12.1. The summed E-state index contributed by atoms with van der Waals surface area (Å²) >= 11 is 0. The fourth-order valence-electron chi connectivity index (χ4n) is 3.49. The van der Waals surface area contributed by atoms with Crippen LogP contribution >= 0.6 is 0 Å². The first-order valence-corrected chi connectivity index (χ1v) is 7.34. The second-order valence-electron chi connectivity index (χ2n) is 6.00. The van der Waals surface area contributed by atoms with Crippen LogP contribution in [0.15, 0.2) is 24.3 Å². The molecule has 0 heterocycles. The molecule has 0 unspecified atom stereocenters. The summed E-state index contributed by atoms with van der Waals surface area (Å²) in [6.45, 7) is 1.73. The van der Waals surface area contributed by atoms with E-state index < -0.39 is 6.10 Å². The lowest BCUT2D eigenvalue weighted by atomic mass is 9.95.